The van der Waals surface area contributed by atoms with Gasteiger partial charge in [0.1, 0.15) is 0 Å². The molecule has 6 heteroatoms. The number of ether oxygens (including phenoxy) is 1. The van der Waals surface area contributed by atoms with Gasteiger partial charge >= 0.3 is 0 Å². The zero-order chi connectivity index (χ0) is 13.1. The minimum atomic E-state index is -0.933. The molecule has 0 spiro atoms. The Hall–Kier alpha value is -0.720. The van der Waals surface area contributed by atoms with Crippen molar-refractivity contribution in [3.8, 4) is 5.75 Å². The number of nitrogens with zero attached hydrogens (tertiary/aromatic N) is 1. The van der Waals surface area contributed by atoms with Crippen LogP contribution in [0.25, 0.3) is 0 Å². The number of hydrogen-bond donors (Lipinski definition) is 1. The Labute approximate surface area is 113 Å². The van der Waals surface area contributed by atoms with Crippen LogP contribution in [0.15, 0.2) is 10.5 Å². The van der Waals surface area contributed by atoms with E-state index < -0.39 is 11.6 Å². The molecular weight excluding hydrogens is 306 g/mol. The number of rotatable bonds is 3. The molecule has 0 aliphatic carbocycles. The van der Waals surface area contributed by atoms with E-state index in [0.717, 1.165) is 26.2 Å². The summed E-state index contributed by atoms with van der Waals surface area (Å²) in [7, 11) is 1.32. The van der Waals surface area contributed by atoms with Crippen molar-refractivity contribution >= 4 is 15.9 Å². The van der Waals surface area contributed by atoms with Gasteiger partial charge in [-0.15, -0.1) is 0 Å². The number of hydrogen-bond acceptors (Lipinski definition) is 3. The van der Waals surface area contributed by atoms with E-state index in [1.54, 1.807) is 6.07 Å². The normalized spacial score (nSPS) is 16.9. The summed E-state index contributed by atoms with van der Waals surface area (Å²) < 4.78 is 32.8. The van der Waals surface area contributed by atoms with Crippen LogP contribution in [0, 0.1) is 11.6 Å². The van der Waals surface area contributed by atoms with Crippen LogP contribution >= 0.6 is 15.9 Å². The van der Waals surface area contributed by atoms with Gasteiger partial charge in [0, 0.05) is 38.3 Å². The number of piperazine rings is 1. The lowest BCUT2D eigenvalue weighted by Crippen LogP contribution is -2.43. The monoisotopic (exact) mass is 320 g/mol. The van der Waals surface area contributed by atoms with Gasteiger partial charge in [0.15, 0.2) is 11.6 Å². The third-order valence-electron chi connectivity index (χ3n) is 3.00. The fourth-order valence-corrected chi connectivity index (χ4v) is 2.65. The second-order valence-corrected chi connectivity index (χ2v) is 5.06. The predicted octanol–water partition coefficient (Wildman–Crippen LogP) is 2.14. The molecule has 1 heterocycles. The Balaban J connectivity index is 2.22. The van der Waals surface area contributed by atoms with Crippen LogP contribution < -0.4 is 10.1 Å². The van der Waals surface area contributed by atoms with Crippen LogP contribution in [-0.4, -0.2) is 38.2 Å². The highest BCUT2D eigenvalue weighted by atomic mass is 79.9. The lowest BCUT2D eigenvalue weighted by atomic mass is 10.1. The molecule has 1 aliphatic heterocycles. The third kappa shape index (κ3) is 2.81. The molecule has 0 unspecified atom stereocenters. The molecule has 1 fully saturated rings. The average Bonchev–Trinajstić information content (AvgIpc) is 2.37. The van der Waals surface area contributed by atoms with E-state index in [1.807, 2.05) is 0 Å². The Morgan fingerprint density at radius 2 is 2.00 bits per heavy atom. The highest BCUT2D eigenvalue weighted by Crippen LogP contribution is 2.32. The molecule has 0 radical (unpaired) electrons. The number of halogens is 3. The van der Waals surface area contributed by atoms with Gasteiger partial charge in [0.05, 0.1) is 11.6 Å². The summed E-state index contributed by atoms with van der Waals surface area (Å²) in [5.41, 5.74) is 0.349. The summed E-state index contributed by atoms with van der Waals surface area (Å²) in [5.74, 6) is -1.85. The van der Waals surface area contributed by atoms with Crippen molar-refractivity contribution in [2.75, 3.05) is 33.3 Å². The molecule has 0 atom stereocenters. The van der Waals surface area contributed by atoms with Gasteiger partial charge < -0.3 is 10.1 Å². The van der Waals surface area contributed by atoms with Gasteiger partial charge in [-0.3, -0.25) is 4.90 Å². The van der Waals surface area contributed by atoms with Gasteiger partial charge in [-0.2, -0.15) is 4.39 Å². The average molecular weight is 321 g/mol. The molecule has 1 aliphatic rings. The van der Waals surface area contributed by atoms with E-state index in [-0.39, 0.29) is 5.75 Å². The van der Waals surface area contributed by atoms with Crippen molar-refractivity contribution < 1.29 is 13.5 Å². The molecule has 18 heavy (non-hydrogen) atoms. The van der Waals surface area contributed by atoms with Crippen LogP contribution in [0.1, 0.15) is 5.56 Å². The first-order chi connectivity index (χ1) is 8.63. The van der Waals surface area contributed by atoms with E-state index in [9.17, 15) is 8.78 Å². The lowest BCUT2D eigenvalue weighted by Gasteiger charge is -2.27. The molecule has 1 aromatic rings. The van der Waals surface area contributed by atoms with E-state index in [0.29, 0.717) is 16.6 Å². The van der Waals surface area contributed by atoms with Crippen molar-refractivity contribution in [3.05, 3.63) is 27.7 Å². The van der Waals surface area contributed by atoms with Crippen molar-refractivity contribution in [2.24, 2.45) is 0 Å². The molecular formula is C12H15BrF2N2O. The second-order valence-electron chi connectivity index (χ2n) is 4.20. The predicted molar refractivity (Wildman–Crippen MR) is 68.8 cm³/mol. The van der Waals surface area contributed by atoms with Crippen LogP contribution in [0.5, 0.6) is 5.75 Å². The summed E-state index contributed by atoms with van der Waals surface area (Å²) >= 11 is 3.19. The van der Waals surface area contributed by atoms with E-state index in [2.05, 4.69) is 26.1 Å². The zero-order valence-corrected chi connectivity index (χ0v) is 11.7. The van der Waals surface area contributed by atoms with Crippen molar-refractivity contribution in [1.29, 1.82) is 0 Å². The summed E-state index contributed by atoms with van der Waals surface area (Å²) in [6.45, 7) is 3.84. The number of benzene rings is 1. The largest absolute Gasteiger partial charge is 0.492 e. The third-order valence-corrected chi connectivity index (χ3v) is 3.59. The molecule has 0 aromatic heterocycles. The molecule has 0 bridgehead atoms. The van der Waals surface area contributed by atoms with Crippen molar-refractivity contribution in [3.63, 3.8) is 0 Å². The molecule has 1 N–H and O–H groups in total. The first kappa shape index (κ1) is 13.7. The first-order valence-electron chi connectivity index (χ1n) is 5.77. The topological polar surface area (TPSA) is 24.5 Å². The van der Waals surface area contributed by atoms with Crippen molar-refractivity contribution in [2.45, 2.75) is 6.54 Å². The summed E-state index contributed by atoms with van der Waals surface area (Å²) in [4.78, 5) is 2.09. The molecule has 1 saturated heterocycles. The Morgan fingerprint density at radius 3 is 2.61 bits per heavy atom. The van der Waals surface area contributed by atoms with Gasteiger partial charge in [-0.05, 0) is 22.0 Å². The minimum Gasteiger partial charge on any atom is -0.492 e. The van der Waals surface area contributed by atoms with E-state index in [1.165, 1.54) is 7.11 Å². The number of methoxy groups -OCH3 is 1. The Kier molecular flexibility index (Phi) is 4.53. The molecule has 3 nitrogen and oxygen atoms in total. The fraction of sp³-hybridized carbons (Fsp3) is 0.500. The van der Waals surface area contributed by atoms with Gasteiger partial charge in [0.2, 0.25) is 5.82 Å². The van der Waals surface area contributed by atoms with E-state index >= 15 is 0 Å². The van der Waals surface area contributed by atoms with Crippen molar-refractivity contribution in [1.82, 2.24) is 10.2 Å². The zero-order valence-electron chi connectivity index (χ0n) is 10.1. The maximum Gasteiger partial charge on any atom is 0.202 e. The van der Waals surface area contributed by atoms with Gasteiger partial charge in [0.25, 0.3) is 0 Å². The van der Waals surface area contributed by atoms with Crippen LogP contribution in [0.4, 0.5) is 8.78 Å². The Bertz CT molecular complexity index is 437. The first-order valence-corrected chi connectivity index (χ1v) is 6.56. The summed E-state index contributed by atoms with van der Waals surface area (Å²) in [5, 5.41) is 3.22. The Morgan fingerprint density at radius 1 is 1.33 bits per heavy atom. The highest BCUT2D eigenvalue weighted by molar-refractivity contribution is 9.10. The quantitative estimate of drug-likeness (QED) is 0.864. The second kappa shape index (κ2) is 5.95. The molecule has 1 aromatic carbocycles. The number of nitrogens with one attached hydrogen (secondary N) is 1. The van der Waals surface area contributed by atoms with Crippen LogP contribution in [-0.2, 0) is 6.54 Å². The van der Waals surface area contributed by atoms with Gasteiger partial charge in [-0.1, -0.05) is 0 Å². The molecule has 2 rings (SSSR count). The standard InChI is InChI=1S/C12H15BrF2N2O/c1-18-12-9(13)6-8(10(14)11(12)15)7-17-4-2-16-3-5-17/h6,16H,2-5,7H2,1H3. The lowest BCUT2D eigenvalue weighted by molar-refractivity contribution is 0.229. The maximum absolute atomic E-state index is 13.9. The fourth-order valence-electron chi connectivity index (χ4n) is 2.04. The molecule has 0 saturated carbocycles. The minimum absolute atomic E-state index is 0.0865. The maximum atomic E-state index is 13.9. The highest BCUT2D eigenvalue weighted by Gasteiger charge is 2.20. The molecule has 0 amide bonds. The SMILES string of the molecule is COc1c(Br)cc(CN2CCNCC2)c(F)c1F. The van der Waals surface area contributed by atoms with Crippen LogP contribution in [0.3, 0.4) is 0 Å². The van der Waals surface area contributed by atoms with Gasteiger partial charge in [-0.25, -0.2) is 4.39 Å². The summed E-state index contributed by atoms with van der Waals surface area (Å²) in [6.07, 6.45) is 0. The smallest absolute Gasteiger partial charge is 0.202 e. The van der Waals surface area contributed by atoms with E-state index in [4.69, 9.17) is 4.74 Å². The van der Waals surface area contributed by atoms with Crippen LogP contribution in [0.2, 0.25) is 0 Å². The molecule has 100 valence electrons. The summed E-state index contributed by atoms with van der Waals surface area (Å²) in [6, 6.07) is 1.58.